The molecule has 4 heteroatoms. The van der Waals surface area contributed by atoms with Crippen LogP contribution in [0.15, 0.2) is 30.3 Å². The Morgan fingerprint density at radius 2 is 1.90 bits per heavy atom. The summed E-state index contributed by atoms with van der Waals surface area (Å²) in [7, 11) is 0. The second-order valence-electron chi connectivity index (χ2n) is 10.6. The largest absolute Gasteiger partial charge is 0.367 e. The Balaban J connectivity index is 1.64. The van der Waals surface area contributed by atoms with Crippen molar-refractivity contribution >= 4 is 17.3 Å². The summed E-state index contributed by atoms with van der Waals surface area (Å²) >= 11 is 0. The van der Waals surface area contributed by atoms with Gasteiger partial charge in [0.15, 0.2) is 0 Å². The van der Waals surface area contributed by atoms with Crippen LogP contribution in [0.25, 0.3) is 0 Å². The molecule has 0 bridgehead atoms. The number of anilines is 2. The highest BCUT2D eigenvalue weighted by atomic mass is 19.1. The lowest BCUT2D eigenvalue weighted by atomic mass is 9.90. The molecule has 0 spiro atoms. The molecule has 1 aliphatic carbocycles. The van der Waals surface area contributed by atoms with Gasteiger partial charge < -0.3 is 10.2 Å². The van der Waals surface area contributed by atoms with Crippen molar-refractivity contribution in [1.82, 2.24) is 0 Å². The Bertz CT molecular complexity index is 985. The van der Waals surface area contributed by atoms with Crippen LogP contribution in [-0.2, 0) is 23.2 Å². The molecule has 0 unspecified atom stereocenters. The van der Waals surface area contributed by atoms with E-state index in [2.05, 4.69) is 57.0 Å². The van der Waals surface area contributed by atoms with E-state index in [4.69, 9.17) is 0 Å². The molecule has 1 amide bonds. The number of nitrogens with zero attached hydrogens (tertiary/aromatic N) is 1. The molecule has 2 aromatic rings. The van der Waals surface area contributed by atoms with Gasteiger partial charge in [-0.2, -0.15) is 0 Å². The number of halogens is 1. The van der Waals surface area contributed by atoms with Crippen LogP contribution < -0.4 is 10.2 Å². The van der Waals surface area contributed by atoms with E-state index in [0.29, 0.717) is 6.42 Å². The zero-order valence-corrected chi connectivity index (χ0v) is 18.9. The van der Waals surface area contributed by atoms with Crippen molar-refractivity contribution in [2.75, 3.05) is 16.8 Å². The van der Waals surface area contributed by atoms with Gasteiger partial charge in [0.2, 0.25) is 5.91 Å². The Hall–Kier alpha value is -2.36. The van der Waals surface area contributed by atoms with E-state index in [9.17, 15) is 9.18 Å². The Kier molecular flexibility index (Phi) is 5.16. The highest BCUT2D eigenvalue weighted by Gasteiger charge is 2.42. The van der Waals surface area contributed by atoms with Gasteiger partial charge in [-0.1, -0.05) is 33.8 Å². The number of benzene rings is 2. The SMILES string of the molecule is Cc1cc(N2CCc3cc(F)ccc3C2)cc(C2(C)CC2)c1NC(=O)CC(C)(C)C. The van der Waals surface area contributed by atoms with Gasteiger partial charge in [0.25, 0.3) is 0 Å². The molecule has 30 heavy (non-hydrogen) atoms. The molecule has 1 heterocycles. The van der Waals surface area contributed by atoms with Crippen molar-refractivity contribution in [1.29, 1.82) is 0 Å². The maximum atomic E-state index is 13.6. The van der Waals surface area contributed by atoms with E-state index in [-0.39, 0.29) is 22.6 Å². The molecule has 1 fully saturated rings. The average Bonchev–Trinajstić information content (AvgIpc) is 3.39. The molecule has 0 saturated heterocycles. The molecule has 0 aromatic heterocycles. The van der Waals surface area contributed by atoms with E-state index in [1.54, 1.807) is 12.1 Å². The van der Waals surface area contributed by atoms with Crippen LogP contribution in [-0.4, -0.2) is 12.5 Å². The third-order valence-electron chi connectivity index (χ3n) is 6.47. The zero-order chi connectivity index (χ0) is 21.7. The highest BCUT2D eigenvalue weighted by Crippen LogP contribution is 2.52. The lowest BCUT2D eigenvalue weighted by Gasteiger charge is -2.32. The number of fused-ring (bicyclic) bond motifs is 1. The number of carbonyl (C=O) groups is 1. The number of hydrogen-bond acceptors (Lipinski definition) is 2. The van der Waals surface area contributed by atoms with Crippen molar-refractivity contribution in [2.45, 2.75) is 72.3 Å². The van der Waals surface area contributed by atoms with Crippen LogP contribution in [0.3, 0.4) is 0 Å². The Morgan fingerprint density at radius 3 is 2.57 bits per heavy atom. The van der Waals surface area contributed by atoms with Crippen molar-refractivity contribution in [2.24, 2.45) is 5.41 Å². The van der Waals surface area contributed by atoms with Gasteiger partial charge in [0.1, 0.15) is 5.82 Å². The maximum Gasteiger partial charge on any atom is 0.224 e. The first kappa shape index (κ1) is 20.9. The standard InChI is InChI=1S/C26H33FN2O/c1-17-12-21(29-11-8-18-13-20(27)7-6-19(18)16-29)14-22(26(5)9-10-26)24(17)28-23(30)15-25(2,3)4/h6-7,12-14H,8-11,15-16H2,1-5H3,(H,28,30). The molecule has 0 radical (unpaired) electrons. The van der Waals surface area contributed by atoms with Gasteiger partial charge in [-0.05, 0) is 83.5 Å². The maximum absolute atomic E-state index is 13.6. The van der Waals surface area contributed by atoms with E-state index in [1.807, 2.05) is 6.07 Å². The summed E-state index contributed by atoms with van der Waals surface area (Å²) in [6, 6.07) is 9.60. The zero-order valence-electron chi connectivity index (χ0n) is 18.9. The summed E-state index contributed by atoms with van der Waals surface area (Å²) in [5.74, 6) is -0.0740. The van der Waals surface area contributed by atoms with Gasteiger partial charge in [-0.25, -0.2) is 4.39 Å². The monoisotopic (exact) mass is 408 g/mol. The van der Waals surface area contributed by atoms with Crippen LogP contribution in [0.1, 0.15) is 69.2 Å². The third kappa shape index (κ3) is 4.38. The fourth-order valence-corrected chi connectivity index (χ4v) is 4.46. The predicted molar refractivity (Wildman–Crippen MR) is 122 cm³/mol. The molecule has 1 aliphatic heterocycles. The number of aryl methyl sites for hydroxylation is 1. The quantitative estimate of drug-likeness (QED) is 0.661. The molecule has 1 saturated carbocycles. The number of carbonyl (C=O) groups excluding carboxylic acids is 1. The normalized spacial score (nSPS) is 17.5. The minimum Gasteiger partial charge on any atom is -0.367 e. The molecule has 2 aromatic carbocycles. The smallest absolute Gasteiger partial charge is 0.224 e. The molecule has 160 valence electrons. The van der Waals surface area contributed by atoms with Crippen molar-refractivity contribution in [3.63, 3.8) is 0 Å². The Labute approximate surface area is 179 Å². The van der Waals surface area contributed by atoms with Gasteiger partial charge in [0, 0.05) is 30.9 Å². The summed E-state index contributed by atoms with van der Waals surface area (Å²) < 4.78 is 13.6. The summed E-state index contributed by atoms with van der Waals surface area (Å²) in [5, 5.41) is 3.23. The molecule has 4 rings (SSSR count). The number of hydrogen-bond donors (Lipinski definition) is 1. The minimum absolute atomic E-state index is 0.0394. The van der Waals surface area contributed by atoms with Gasteiger partial charge in [-0.15, -0.1) is 0 Å². The fourth-order valence-electron chi connectivity index (χ4n) is 4.46. The summed E-state index contributed by atoms with van der Waals surface area (Å²) in [5.41, 5.74) is 6.97. The van der Waals surface area contributed by atoms with E-state index in [0.717, 1.165) is 49.2 Å². The summed E-state index contributed by atoms with van der Waals surface area (Å²) in [4.78, 5) is 15.1. The molecule has 3 nitrogen and oxygen atoms in total. The molecular weight excluding hydrogens is 375 g/mol. The average molecular weight is 409 g/mol. The first-order chi connectivity index (χ1) is 14.0. The van der Waals surface area contributed by atoms with E-state index in [1.165, 1.54) is 16.8 Å². The minimum atomic E-state index is -0.155. The fraction of sp³-hybridized carbons (Fsp3) is 0.500. The highest BCUT2D eigenvalue weighted by molar-refractivity contribution is 5.93. The van der Waals surface area contributed by atoms with Crippen molar-refractivity contribution in [3.8, 4) is 0 Å². The topological polar surface area (TPSA) is 32.3 Å². The van der Waals surface area contributed by atoms with Crippen LogP contribution in [0.5, 0.6) is 0 Å². The Morgan fingerprint density at radius 1 is 1.17 bits per heavy atom. The number of amides is 1. The lowest BCUT2D eigenvalue weighted by Crippen LogP contribution is -2.31. The van der Waals surface area contributed by atoms with Gasteiger partial charge in [-0.3, -0.25) is 4.79 Å². The first-order valence-corrected chi connectivity index (χ1v) is 11.0. The molecule has 0 atom stereocenters. The number of rotatable bonds is 4. The number of nitrogens with one attached hydrogen (secondary N) is 1. The van der Waals surface area contributed by atoms with Crippen LogP contribution in [0.4, 0.5) is 15.8 Å². The van der Waals surface area contributed by atoms with E-state index < -0.39 is 0 Å². The van der Waals surface area contributed by atoms with Crippen molar-refractivity contribution in [3.05, 3.63) is 58.4 Å². The lowest BCUT2D eigenvalue weighted by molar-refractivity contribution is -0.117. The molecular formula is C26H33FN2O. The molecule has 1 N–H and O–H groups in total. The second kappa shape index (κ2) is 7.40. The van der Waals surface area contributed by atoms with Gasteiger partial charge >= 0.3 is 0 Å². The summed E-state index contributed by atoms with van der Waals surface area (Å²) in [6.45, 7) is 12.3. The first-order valence-electron chi connectivity index (χ1n) is 11.0. The van der Waals surface area contributed by atoms with Crippen LogP contribution in [0.2, 0.25) is 0 Å². The van der Waals surface area contributed by atoms with E-state index >= 15 is 0 Å². The van der Waals surface area contributed by atoms with Crippen molar-refractivity contribution < 1.29 is 9.18 Å². The van der Waals surface area contributed by atoms with Crippen LogP contribution in [0, 0.1) is 18.2 Å². The second-order valence-corrected chi connectivity index (χ2v) is 10.6. The predicted octanol–water partition coefficient (Wildman–Crippen LogP) is 6.12. The summed E-state index contributed by atoms with van der Waals surface area (Å²) in [6.07, 6.45) is 3.66. The molecule has 2 aliphatic rings. The van der Waals surface area contributed by atoms with Crippen LogP contribution >= 0.6 is 0 Å². The van der Waals surface area contributed by atoms with Gasteiger partial charge in [0.05, 0.1) is 0 Å². The third-order valence-corrected chi connectivity index (χ3v) is 6.47.